The molecule has 0 N–H and O–H groups in total. The molecule has 4 aromatic heterocycles. The van der Waals surface area contributed by atoms with Gasteiger partial charge in [0.15, 0.2) is 17.1 Å². The van der Waals surface area contributed by atoms with E-state index in [0.29, 0.717) is 0 Å². The van der Waals surface area contributed by atoms with Crippen LogP contribution in [0.5, 0.6) is 0 Å². The summed E-state index contributed by atoms with van der Waals surface area (Å²) in [5, 5.41) is 0.986. The van der Waals surface area contributed by atoms with Crippen molar-refractivity contribution < 1.29 is 0 Å². The molecule has 9 heteroatoms. The lowest BCUT2D eigenvalue weighted by Gasteiger charge is -2.36. The van der Waals surface area contributed by atoms with Crippen LogP contribution in [0.2, 0.25) is 0 Å². The van der Waals surface area contributed by atoms with Crippen LogP contribution in [0.3, 0.4) is 0 Å². The largest absolute Gasteiger partial charge is 0.352 e. The molecule has 1 aliphatic heterocycles. The molecule has 5 rings (SSSR count). The van der Waals surface area contributed by atoms with Gasteiger partial charge in [-0.05, 0) is 12.1 Å². The Morgan fingerprint density at radius 3 is 2.27 bits per heavy atom. The van der Waals surface area contributed by atoms with Crippen LogP contribution in [-0.4, -0.2) is 60.6 Å². The Morgan fingerprint density at radius 2 is 1.46 bits per heavy atom. The zero-order chi connectivity index (χ0) is 17.5. The zero-order valence-electron chi connectivity index (χ0n) is 14.3. The third kappa shape index (κ3) is 2.32. The lowest BCUT2D eigenvalue weighted by atomic mass is 10.2. The summed E-state index contributed by atoms with van der Waals surface area (Å²) < 4.78 is 1.97. The number of rotatable bonds is 2. The number of nitrogens with zero attached hydrogens (tertiary/aromatic N) is 9. The highest BCUT2D eigenvalue weighted by Gasteiger charge is 2.23. The molecule has 0 amide bonds. The van der Waals surface area contributed by atoms with Gasteiger partial charge in [-0.3, -0.25) is 0 Å². The monoisotopic (exact) mass is 347 g/mol. The van der Waals surface area contributed by atoms with Gasteiger partial charge in [0.05, 0.1) is 11.7 Å². The van der Waals surface area contributed by atoms with Crippen LogP contribution in [0.1, 0.15) is 0 Å². The highest BCUT2D eigenvalue weighted by Crippen LogP contribution is 2.26. The first-order valence-corrected chi connectivity index (χ1v) is 8.49. The van der Waals surface area contributed by atoms with E-state index in [2.05, 4.69) is 39.7 Å². The third-order valence-electron chi connectivity index (χ3n) is 4.76. The minimum atomic E-state index is 0.729. The molecule has 1 aliphatic rings. The van der Waals surface area contributed by atoms with Gasteiger partial charge in [0.25, 0.3) is 0 Å². The highest BCUT2D eigenvalue weighted by atomic mass is 15.3. The van der Waals surface area contributed by atoms with Crippen molar-refractivity contribution in [3.05, 3.63) is 37.3 Å². The predicted octanol–water partition coefficient (Wildman–Crippen LogP) is 1.03. The molecule has 0 aromatic carbocycles. The smallest absolute Gasteiger partial charge is 0.182 e. The van der Waals surface area contributed by atoms with Gasteiger partial charge in [0, 0.05) is 39.4 Å². The maximum absolute atomic E-state index is 4.51. The summed E-state index contributed by atoms with van der Waals surface area (Å²) in [6.45, 7) is 3.40. The number of hydrogen-bond acceptors (Lipinski definition) is 8. The van der Waals surface area contributed by atoms with Crippen molar-refractivity contribution in [2.75, 3.05) is 36.0 Å². The average Bonchev–Trinajstić information content (AvgIpc) is 3.09. The van der Waals surface area contributed by atoms with E-state index in [1.807, 2.05) is 23.7 Å². The van der Waals surface area contributed by atoms with E-state index in [0.717, 1.165) is 60.0 Å². The van der Waals surface area contributed by atoms with Crippen LogP contribution in [0.25, 0.3) is 22.2 Å². The van der Waals surface area contributed by atoms with Crippen LogP contribution in [0.15, 0.2) is 37.3 Å². The Labute approximate surface area is 149 Å². The minimum absolute atomic E-state index is 0.729. The van der Waals surface area contributed by atoms with Crippen molar-refractivity contribution in [2.24, 2.45) is 7.05 Å². The van der Waals surface area contributed by atoms with Gasteiger partial charge < -0.3 is 14.4 Å². The topological polar surface area (TPSA) is 88.8 Å². The molecule has 0 bridgehead atoms. The van der Waals surface area contributed by atoms with Crippen LogP contribution in [-0.2, 0) is 7.05 Å². The van der Waals surface area contributed by atoms with E-state index < -0.39 is 0 Å². The van der Waals surface area contributed by atoms with Crippen LogP contribution >= 0.6 is 0 Å². The van der Waals surface area contributed by atoms with Crippen molar-refractivity contribution in [3.8, 4) is 0 Å². The quantitative estimate of drug-likeness (QED) is 0.531. The standard InChI is InChI=1S/C17H17N9/c1-24-11-23-15-13(24)17(22-10-20-15)26-7-5-25(6-8-26)16-12-3-2-4-18-14(12)19-9-21-16/h2-4,9-11H,5-8H2,1H3. The number of fused-ring (bicyclic) bond motifs is 2. The Bertz CT molecular complexity index is 1080. The average molecular weight is 347 g/mol. The third-order valence-corrected chi connectivity index (χ3v) is 4.76. The lowest BCUT2D eigenvalue weighted by Crippen LogP contribution is -2.47. The SMILES string of the molecule is Cn1cnc2ncnc(N3CCN(c4ncnc5ncccc45)CC3)c21. The molecule has 26 heavy (non-hydrogen) atoms. The fourth-order valence-corrected chi connectivity index (χ4v) is 3.47. The van der Waals surface area contributed by atoms with Gasteiger partial charge in [-0.2, -0.15) is 0 Å². The maximum atomic E-state index is 4.51. The van der Waals surface area contributed by atoms with E-state index >= 15 is 0 Å². The fourth-order valence-electron chi connectivity index (χ4n) is 3.47. The molecule has 1 fully saturated rings. The lowest BCUT2D eigenvalue weighted by molar-refractivity contribution is 0.643. The Balaban J connectivity index is 1.43. The first-order valence-electron chi connectivity index (χ1n) is 8.49. The molecule has 0 unspecified atom stereocenters. The number of aryl methyl sites for hydroxylation is 1. The second kappa shape index (κ2) is 5.87. The molecule has 9 nitrogen and oxygen atoms in total. The number of anilines is 2. The van der Waals surface area contributed by atoms with E-state index in [9.17, 15) is 0 Å². The second-order valence-corrected chi connectivity index (χ2v) is 6.27. The second-order valence-electron chi connectivity index (χ2n) is 6.27. The van der Waals surface area contributed by atoms with Crippen LogP contribution < -0.4 is 9.80 Å². The minimum Gasteiger partial charge on any atom is -0.352 e. The van der Waals surface area contributed by atoms with Crippen LogP contribution in [0.4, 0.5) is 11.6 Å². The van der Waals surface area contributed by atoms with Crippen molar-refractivity contribution in [1.82, 2.24) is 34.5 Å². The number of imidazole rings is 1. The summed E-state index contributed by atoms with van der Waals surface area (Å²) in [5.41, 5.74) is 2.43. The highest BCUT2D eigenvalue weighted by molar-refractivity contribution is 5.87. The van der Waals surface area contributed by atoms with E-state index in [1.165, 1.54) is 0 Å². The number of piperazine rings is 1. The van der Waals surface area contributed by atoms with Crippen LogP contribution in [0, 0.1) is 0 Å². The summed E-state index contributed by atoms with van der Waals surface area (Å²) in [4.78, 5) is 30.7. The molecule has 0 saturated carbocycles. The van der Waals surface area contributed by atoms with Gasteiger partial charge in [-0.15, -0.1) is 0 Å². The summed E-state index contributed by atoms with van der Waals surface area (Å²) >= 11 is 0. The molecule has 0 spiro atoms. The Hall–Kier alpha value is -3.36. The van der Waals surface area contributed by atoms with Crippen molar-refractivity contribution in [2.45, 2.75) is 0 Å². The number of hydrogen-bond donors (Lipinski definition) is 0. The molecule has 0 atom stereocenters. The van der Waals surface area contributed by atoms with Crippen molar-refractivity contribution in [1.29, 1.82) is 0 Å². The fraction of sp³-hybridized carbons (Fsp3) is 0.294. The molecule has 1 saturated heterocycles. The predicted molar refractivity (Wildman–Crippen MR) is 98.1 cm³/mol. The summed E-state index contributed by atoms with van der Waals surface area (Å²) in [6, 6.07) is 3.94. The molecule has 4 aromatic rings. The number of pyridine rings is 1. The first kappa shape index (κ1) is 14.9. The van der Waals surface area contributed by atoms with E-state index in [-0.39, 0.29) is 0 Å². The summed E-state index contributed by atoms with van der Waals surface area (Å²) in [5.74, 6) is 1.87. The molecular formula is C17H17N9. The maximum Gasteiger partial charge on any atom is 0.182 e. The van der Waals surface area contributed by atoms with Crippen molar-refractivity contribution in [3.63, 3.8) is 0 Å². The summed E-state index contributed by atoms with van der Waals surface area (Å²) in [6.07, 6.45) is 6.70. The number of aromatic nitrogens is 7. The molecular weight excluding hydrogens is 330 g/mol. The van der Waals surface area contributed by atoms with Gasteiger partial charge in [-0.1, -0.05) is 0 Å². The molecule has 130 valence electrons. The van der Waals surface area contributed by atoms with E-state index in [1.54, 1.807) is 25.2 Å². The molecule has 5 heterocycles. The van der Waals surface area contributed by atoms with Gasteiger partial charge >= 0.3 is 0 Å². The Morgan fingerprint density at radius 1 is 0.769 bits per heavy atom. The van der Waals surface area contributed by atoms with E-state index in [4.69, 9.17) is 0 Å². The van der Waals surface area contributed by atoms with Gasteiger partial charge in [-0.25, -0.2) is 29.9 Å². The Kier molecular flexibility index (Phi) is 3.37. The van der Waals surface area contributed by atoms with Crippen molar-refractivity contribution >= 4 is 33.8 Å². The van der Waals surface area contributed by atoms with Gasteiger partial charge in [0.2, 0.25) is 0 Å². The normalized spacial score (nSPS) is 15.1. The molecule has 0 aliphatic carbocycles. The molecule has 0 radical (unpaired) electrons. The zero-order valence-corrected chi connectivity index (χ0v) is 14.3. The first-order chi connectivity index (χ1) is 12.8. The van der Waals surface area contributed by atoms with Gasteiger partial charge in [0.1, 0.15) is 24.0 Å². The summed E-state index contributed by atoms with van der Waals surface area (Å²) in [7, 11) is 1.97.